The summed E-state index contributed by atoms with van der Waals surface area (Å²) in [5, 5.41) is 24.3. The van der Waals surface area contributed by atoms with Crippen LogP contribution in [0.4, 0.5) is 11.5 Å². The van der Waals surface area contributed by atoms with Crippen LogP contribution in [0.3, 0.4) is 0 Å². The third-order valence-electron chi connectivity index (χ3n) is 3.80. The molecule has 2 rings (SSSR count). The van der Waals surface area contributed by atoms with E-state index < -0.39 is 10.5 Å². The Morgan fingerprint density at radius 3 is 2.75 bits per heavy atom. The molecule has 0 saturated heterocycles. The fourth-order valence-corrected chi connectivity index (χ4v) is 2.96. The molecule has 7 heteroatoms. The number of anilines is 1. The van der Waals surface area contributed by atoms with E-state index in [0.29, 0.717) is 22.4 Å². The minimum Gasteiger partial charge on any atom is -0.388 e. The van der Waals surface area contributed by atoms with Gasteiger partial charge in [-0.05, 0) is 35.7 Å². The minimum absolute atomic E-state index is 0.0150. The van der Waals surface area contributed by atoms with Gasteiger partial charge in [-0.3, -0.25) is 10.1 Å². The standard InChI is InChI=1S/C13H18BrN3O3/c1-9-10(17(19)20)7-15-12(11(9)14)16-8-13(18)5-3-2-4-6-13/h7,18H,2-6,8H2,1H3,(H,15,16). The van der Waals surface area contributed by atoms with E-state index in [2.05, 4.69) is 26.2 Å². The number of halogens is 1. The van der Waals surface area contributed by atoms with Crippen LogP contribution < -0.4 is 5.32 Å². The van der Waals surface area contributed by atoms with Gasteiger partial charge in [-0.1, -0.05) is 19.3 Å². The van der Waals surface area contributed by atoms with Crippen LogP contribution in [0, 0.1) is 17.0 Å². The topological polar surface area (TPSA) is 88.3 Å². The third-order valence-corrected chi connectivity index (χ3v) is 4.77. The molecule has 0 amide bonds. The van der Waals surface area contributed by atoms with Crippen molar-refractivity contribution in [1.29, 1.82) is 0 Å². The van der Waals surface area contributed by atoms with Crippen LogP contribution in [0.1, 0.15) is 37.7 Å². The molecule has 0 atom stereocenters. The highest BCUT2D eigenvalue weighted by Crippen LogP contribution is 2.32. The van der Waals surface area contributed by atoms with Crippen molar-refractivity contribution in [3.8, 4) is 0 Å². The van der Waals surface area contributed by atoms with Gasteiger partial charge in [0.2, 0.25) is 0 Å². The van der Waals surface area contributed by atoms with Gasteiger partial charge in [0.25, 0.3) is 5.69 Å². The number of nitrogens with zero attached hydrogens (tertiary/aromatic N) is 2. The first-order valence-corrected chi connectivity index (χ1v) is 7.48. The second kappa shape index (κ2) is 6.05. The maximum atomic E-state index is 10.8. The van der Waals surface area contributed by atoms with Crippen LogP contribution in [0.25, 0.3) is 0 Å². The first-order valence-electron chi connectivity index (χ1n) is 6.69. The zero-order valence-corrected chi connectivity index (χ0v) is 12.9. The molecule has 1 aliphatic carbocycles. The van der Waals surface area contributed by atoms with Gasteiger partial charge in [-0.2, -0.15) is 0 Å². The lowest BCUT2D eigenvalue weighted by Gasteiger charge is -2.32. The summed E-state index contributed by atoms with van der Waals surface area (Å²) in [4.78, 5) is 14.4. The number of nitro groups is 1. The zero-order valence-electron chi connectivity index (χ0n) is 11.4. The molecule has 1 heterocycles. The van der Waals surface area contributed by atoms with E-state index >= 15 is 0 Å². The molecule has 0 aromatic carbocycles. The summed E-state index contributed by atoms with van der Waals surface area (Å²) < 4.78 is 0.575. The Hall–Kier alpha value is -1.21. The lowest BCUT2D eigenvalue weighted by Crippen LogP contribution is -2.39. The van der Waals surface area contributed by atoms with E-state index in [9.17, 15) is 15.2 Å². The first-order chi connectivity index (χ1) is 9.43. The predicted molar refractivity (Wildman–Crippen MR) is 79.9 cm³/mol. The second-order valence-electron chi connectivity index (χ2n) is 5.33. The van der Waals surface area contributed by atoms with E-state index in [1.165, 1.54) is 12.6 Å². The molecule has 6 nitrogen and oxygen atoms in total. The normalized spacial score (nSPS) is 17.8. The van der Waals surface area contributed by atoms with E-state index in [4.69, 9.17) is 0 Å². The summed E-state index contributed by atoms with van der Waals surface area (Å²) in [7, 11) is 0. The van der Waals surface area contributed by atoms with Crippen LogP contribution in [-0.4, -0.2) is 27.2 Å². The van der Waals surface area contributed by atoms with Crippen molar-refractivity contribution >= 4 is 27.4 Å². The molecule has 110 valence electrons. The van der Waals surface area contributed by atoms with Crippen molar-refractivity contribution in [3.63, 3.8) is 0 Å². The molecule has 1 saturated carbocycles. The third kappa shape index (κ3) is 3.27. The molecular weight excluding hydrogens is 326 g/mol. The number of aromatic nitrogens is 1. The summed E-state index contributed by atoms with van der Waals surface area (Å²) in [6, 6.07) is 0. The summed E-state index contributed by atoms with van der Waals surface area (Å²) in [6.45, 7) is 2.08. The Morgan fingerprint density at radius 1 is 1.50 bits per heavy atom. The molecule has 1 fully saturated rings. The largest absolute Gasteiger partial charge is 0.388 e. The van der Waals surface area contributed by atoms with E-state index in [-0.39, 0.29) is 5.69 Å². The molecule has 0 aliphatic heterocycles. The van der Waals surface area contributed by atoms with Crippen LogP contribution in [0.2, 0.25) is 0 Å². The minimum atomic E-state index is -0.699. The van der Waals surface area contributed by atoms with Crippen molar-refractivity contribution in [2.45, 2.75) is 44.6 Å². The Morgan fingerprint density at radius 2 is 2.15 bits per heavy atom. The van der Waals surface area contributed by atoms with E-state index in [1.54, 1.807) is 6.92 Å². The van der Waals surface area contributed by atoms with Gasteiger partial charge >= 0.3 is 0 Å². The van der Waals surface area contributed by atoms with Crippen molar-refractivity contribution < 1.29 is 10.0 Å². The van der Waals surface area contributed by atoms with Crippen molar-refractivity contribution in [2.75, 3.05) is 11.9 Å². The van der Waals surface area contributed by atoms with Gasteiger partial charge in [0.1, 0.15) is 12.0 Å². The highest BCUT2D eigenvalue weighted by Gasteiger charge is 2.29. The lowest BCUT2D eigenvalue weighted by molar-refractivity contribution is -0.385. The van der Waals surface area contributed by atoms with Crippen LogP contribution in [-0.2, 0) is 0 Å². The fourth-order valence-electron chi connectivity index (χ4n) is 2.51. The van der Waals surface area contributed by atoms with E-state index in [0.717, 1.165) is 25.7 Å². The molecule has 1 aromatic rings. The Kier molecular flexibility index (Phi) is 4.59. The van der Waals surface area contributed by atoms with Gasteiger partial charge < -0.3 is 10.4 Å². The molecule has 0 radical (unpaired) electrons. The Labute approximate surface area is 125 Å². The number of nitrogens with one attached hydrogen (secondary N) is 1. The summed E-state index contributed by atoms with van der Waals surface area (Å²) in [5.74, 6) is 0.534. The summed E-state index contributed by atoms with van der Waals surface area (Å²) in [6.07, 6.45) is 6.04. The van der Waals surface area contributed by atoms with Crippen LogP contribution in [0.5, 0.6) is 0 Å². The lowest BCUT2D eigenvalue weighted by atomic mass is 9.85. The number of pyridine rings is 1. The number of aliphatic hydroxyl groups is 1. The van der Waals surface area contributed by atoms with Gasteiger partial charge in [-0.25, -0.2) is 4.98 Å². The Balaban J connectivity index is 2.10. The maximum Gasteiger partial charge on any atom is 0.291 e. The highest BCUT2D eigenvalue weighted by molar-refractivity contribution is 9.10. The Bertz CT molecular complexity index is 516. The molecule has 1 aliphatic rings. The average Bonchev–Trinajstić information content (AvgIpc) is 2.41. The molecule has 2 N–H and O–H groups in total. The van der Waals surface area contributed by atoms with Gasteiger partial charge in [0, 0.05) is 12.1 Å². The monoisotopic (exact) mass is 343 g/mol. The summed E-state index contributed by atoms with van der Waals surface area (Å²) in [5.41, 5.74) is -0.184. The van der Waals surface area contributed by atoms with E-state index in [1.807, 2.05) is 0 Å². The van der Waals surface area contributed by atoms with Gasteiger partial charge in [0.05, 0.1) is 15.0 Å². The molecule has 20 heavy (non-hydrogen) atoms. The molecule has 0 unspecified atom stereocenters. The average molecular weight is 344 g/mol. The first kappa shape index (κ1) is 15.2. The molecule has 0 bridgehead atoms. The fraction of sp³-hybridized carbons (Fsp3) is 0.615. The van der Waals surface area contributed by atoms with Crippen molar-refractivity contribution in [2.24, 2.45) is 0 Å². The maximum absolute atomic E-state index is 10.8. The predicted octanol–water partition coefficient (Wildman–Crippen LogP) is 3.17. The highest BCUT2D eigenvalue weighted by atomic mass is 79.9. The quantitative estimate of drug-likeness (QED) is 0.647. The molecule has 1 aromatic heterocycles. The smallest absolute Gasteiger partial charge is 0.291 e. The zero-order chi connectivity index (χ0) is 14.8. The SMILES string of the molecule is Cc1c([N+](=O)[O-])cnc(NCC2(O)CCCCC2)c1Br. The van der Waals surface area contributed by atoms with Gasteiger partial charge in [0.15, 0.2) is 0 Å². The van der Waals surface area contributed by atoms with Crippen molar-refractivity contribution in [1.82, 2.24) is 4.98 Å². The number of hydrogen-bond acceptors (Lipinski definition) is 5. The van der Waals surface area contributed by atoms with Crippen LogP contribution >= 0.6 is 15.9 Å². The molecule has 0 spiro atoms. The molecular formula is C13H18BrN3O3. The van der Waals surface area contributed by atoms with Gasteiger partial charge in [-0.15, -0.1) is 0 Å². The second-order valence-corrected chi connectivity index (χ2v) is 6.12. The number of rotatable bonds is 4. The summed E-state index contributed by atoms with van der Waals surface area (Å²) >= 11 is 3.33. The van der Waals surface area contributed by atoms with Crippen molar-refractivity contribution in [3.05, 3.63) is 26.3 Å². The number of hydrogen-bond donors (Lipinski definition) is 2. The van der Waals surface area contributed by atoms with Crippen LogP contribution in [0.15, 0.2) is 10.7 Å².